The fourth-order valence-electron chi connectivity index (χ4n) is 4.44. The zero-order valence-electron chi connectivity index (χ0n) is 22.6. The van der Waals surface area contributed by atoms with E-state index in [1.165, 1.54) is 83.5 Å². The van der Waals surface area contributed by atoms with Crippen LogP contribution in [0.3, 0.4) is 0 Å². The zero-order chi connectivity index (χ0) is 25.1. The van der Waals surface area contributed by atoms with E-state index in [4.69, 9.17) is 4.74 Å². The highest BCUT2D eigenvalue weighted by Gasteiger charge is 2.09. The predicted octanol–water partition coefficient (Wildman–Crippen LogP) is 7.61. The van der Waals surface area contributed by atoms with E-state index in [0.29, 0.717) is 12.1 Å². The van der Waals surface area contributed by atoms with Crippen molar-refractivity contribution in [2.24, 2.45) is 7.05 Å². The molecule has 0 saturated heterocycles. The number of benzene rings is 1. The van der Waals surface area contributed by atoms with Gasteiger partial charge < -0.3 is 10.1 Å². The summed E-state index contributed by atoms with van der Waals surface area (Å²) >= 11 is 0. The van der Waals surface area contributed by atoms with Crippen LogP contribution in [0.5, 0.6) is 5.75 Å². The van der Waals surface area contributed by atoms with Gasteiger partial charge in [-0.2, -0.15) is 0 Å². The van der Waals surface area contributed by atoms with Crippen LogP contribution in [-0.4, -0.2) is 12.5 Å². The molecule has 0 aliphatic carbocycles. The highest BCUT2D eigenvalue weighted by molar-refractivity contribution is 5.93. The van der Waals surface area contributed by atoms with Crippen molar-refractivity contribution >= 4 is 5.91 Å². The Kier molecular flexibility index (Phi) is 14.8. The second-order valence-electron chi connectivity index (χ2n) is 9.97. The number of unbranched alkanes of at least 4 members (excludes halogenated alkanes) is 13. The number of aromatic nitrogens is 1. The number of hydrogen-bond donors (Lipinski definition) is 1. The summed E-state index contributed by atoms with van der Waals surface area (Å²) in [4.78, 5) is 12.4. The molecule has 1 amide bonds. The molecule has 2 rings (SSSR count). The third-order valence-electron chi connectivity index (χ3n) is 6.72. The number of rotatable bonds is 19. The molecular weight excluding hydrogens is 432 g/mol. The molecule has 0 aliphatic rings. The molecule has 0 atom stereocenters. The van der Waals surface area contributed by atoms with E-state index in [-0.39, 0.29) is 5.91 Å². The predicted molar refractivity (Wildman–Crippen MR) is 146 cm³/mol. The van der Waals surface area contributed by atoms with Crippen LogP contribution >= 0.6 is 0 Å². The minimum Gasteiger partial charge on any atom is -0.494 e. The molecule has 194 valence electrons. The van der Waals surface area contributed by atoms with Crippen molar-refractivity contribution in [3.63, 3.8) is 0 Å². The summed E-state index contributed by atoms with van der Waals surface area (Å²) in [5.74, 6) is 0.862. The Labute approximate surface area is 214 Å². The maximum Gasteiger partial charge on any atom is 0.257 e. The van der Waals surface area contributed by atoms with Gasteiger partial charge in [0.25, 0.3) is 5.91 Å². The van der Waals surface area contributed by atoms with Crippen molar-refractivity contribution < 1.29 is 14.1 Å². The fraction of sp³-hybridized carbons (Fsp3) is 0.613. The third-order valence-corrected chi connectivity index (χ3v) is 6.72. The van der Waals surface area contributed by atoms with Crippen LogP contribution in [0.1, 0.15) is 118 Å². The first-order valence-electron chi connectivity index (χ1n) is 14.1. The van der Waals surface area contributed by atoms with Crippen LogP contribution in [0, 0.1) is 6.92 Å². The van der Waals surface area contributed by atoms with Crippen LogP contribution in [0.4, 0.5) is 0 Å². The number of amides is 1. The van der Waals surface area contributed by atoms with Crippen molar-refractivity contribution in [3.05, 3.63) is 59.4 Å². The molecule has 2 aromatic rings. The normalized spacial score (nSPS) is 10.9. The topological polar surface area (TPSA) is 42.2 Å². The van der Waals surface area contributed by atoms with E-state index >= 15 is 0 Å². The van der Waals surface area contributed by atoms with Crippen LogP contribution in [0.15, 0.2) is 42.7 Å². The Hall–Kier alpha value is -2.36. The Bertz CT molecular complexity index is 850. The van der Waals surface area contributed by atoms with E-state index in [1.807, 2.05) is 42.2 Å². The Balaban J connectivity index is 1.49. The fourth-order valence-corrected chi connectivity index (χ4v) is 4.44. The highest BCUT2D eigenvalue weighted by Crippen LogP contribution is 2.18. The van der Waals surface area contributed by atoms with Gasteiger partial charge in [0.15, 0.2) is 12.4 Å². The smallest absolute Gasteiger partial charge is 0.257 e. The highest BCUT2D eigenvalue weighted by atomic mass is 16.5. The monoisotopic (exact) mass is 481 g/mol. The van der Waals surface area contributed by atoms with Gasteiger partial charge in [-0.1, -0.05) is 96.5 Å². The average Bonchev–Trinajstić information content (AvgIpc) is 2.85. The standard InChI is InChI=1S/C31H48N2O2/c1-4-5-6-7-8-9-10-11-12-13-14-15-16-17-23-35-30-21-20-28(27(2)24-30)25-32-31(34)29-19-18-22-33(3)26-29/h18-22,24,26H,4-17,23,25H2,1-3H3/p+1. The summed E-state index contributed by atoms with van der Waals surface area (Å²) < 4.78 is 7.85. The summed E-state index contributed by atoms with van der Waals surface area (Å²) in [7, 11) is 1.92. The maximum atomic E-state index is 12.4. The maximum absolute atomic E-state index is 12.4. The molecule has 1 aromatic heterocycles. The number of carbonyl (C=O) groups is 1. The first kappa shape index (κ1) is 28.9. The number of ether oxygens (including phenoxy) is 1. The molecule has 1 heterocycles. The molecule has 1 N–H and O–H groups in total. The van der Waals surface area contributed by atoms with E-state index in [9.17, 15) is 4.79 Å². The van der Waals surface area contributed by atoms with Crippen LogP contribution < -0.4 is 14.6 Å². The van der Waals surface area contributed by atoms with Gasteiger partial charge in [-0.3, -0.25) is 4.79 Å². The largest absolute Gasteiger partial charge is 0.494 e. The van der Waals surface area contributed by atoms with Crippen LogP contribution in [0.25, 0.3) is 0 Å². The lowest BCUT2D eigenvalue weighted by atomic mass is 10.0. The lowest BCUT2D eigenvalue weighted by molar-refractivity contribution is -0.671. The molecule has 0 fully saturated rings. The minimum absolute atomic E-state index is 0.0567. The summed E-state index contributed by atoms with van der Waals surface area (Å²) in [6.45, 7) is 5.65. The molecule has 4 nitrogen and oxygen atoms in total. The number of aryl methyl sites for hydroxylation is 2. The number of nitrogens with one attached hydrogen (secondary N) is 1. The number of nitrogens with zero attached hydrogens (tertiary/aromatic N) is 1. The summed E-state index contributed by atoms with van der Waals surface area (Å²) in [5, 5.41) is 3.01. The van der Waals surface area contributed by atoms with Crippen molar-refractivity contribution in [2.75, 3.05) is 6.61 Å². The Morgan fingerprint density at radius 1 is 0.857 bits per heavy atom. The van der Waals surface area contributed by atoms with Crippen molar-refractivity contribution in [3.8, 4) is 5.75 Å². The van der Waals surface area contributed by atoms with Crippen LogP contribution in [0.2, 0.25) is 0 Å². The van der Waals surface area contributed by atoms with Gasteiger partial charge >= 0.3 is 0 Å². The molecule has 0 unspecified atom stereocenters. The van der Waals surface area contributed by atoms with E-state index < -0.39 is 0 Å². The first-order chi connectivity index (χ1) is 17.1. The van der Waals surface area contributed by atoms with Gasteiger partial charge in [0.2, 0.25) is 0 Å². The third kappa shape index (κ3) is 12.8. The van der Waals surface area contributed by atoms with Gasteiger partial charge in [0.05, 0.1) is 6.61 Å². The molecular formula is C31H49N2O2+. The quantitative estimate of drug-likeness (QED) is 0.166. The molecule has 0 aliphatic heterocycles. The van der Waals surface area contributed by atoms with Gasteiger partial charge in [0, 0.05) is 12.6 Å². The van der Waals surface area contributed by atoms with Gasteiger partial charge in [-0.25, -0.2) is 4.57 Å². The lowest BCUT2D eigenvalue weighted by Crippen LogP contribution is -2.31. The first-order valence-corrected chi connectivity index (χ1v) is 14.1. The van der Waals surface area contributed by atoms with E-state index in [2.05, 4.69) is 31.3 Å². The minimum atomic E-state index is -0.0567. The summed E-state index contributed by atoms with van der Waals surface area (Å²) in [5.41, 5.74) is 2.92. The van der Waals surface area contributed by atoms with E-state index in [1.54, 1.807) is 0 Å². The van der Waals surface area contributed by atoms with Gasteiger partial charge in [-0.05, 0) is 42.7 Å². The van der Waals surface area contributed by atoms with Crippen LogP contribution in [-0.2, 0) is 13.6 Å². The van der Waals surface area contributed by atoms with Crippen molar-refractivity contribution in [2.45, 2.75) is 110 Å². The molecule has 1 aromatic carbocycles. The van der Waals surface area contributed by atoms with Crippen molar-refractivity contribution in [1.29, 1.82) is 0 Å². The molecule has 35 heavy (non-hydrogen) atoms. The van der Waals surface area contributed by atoms with Crippen molar-refractivity contribution in [1.82, 2.24) is 5.32 Å². The van der Waals surface area contributed by atoms with E-state index in [0.717, 1.165) is 29.9 Å². The Morgan fingerprint density at radius 2 is 1.46 bits per heavy atom. The average molecular weight is 482 g/mol. The second-order valence-corrected chi connectivity index (χ2v) is 9.97. The summed E-state index contributed by atoms with van der Waals surface area (Å²) in [6.07, 6.45) is 22.9. The summed E-state index contributed by atoms with van der Waals surface area (Å²) in [6, 6.07) is 9.86. The van der Waals surface area contributed by atoms with Gasteiger partial charge in [-0.15, -0.1) is 0 Å². The molecule has 4 heteroatoms. The molecule has 0 radical (unpaired) electrons. The second kappa shape index (κ2) is 18.0. The number of carbonyl (C=O) groups excluding carboxylic acids is 1. The van der Waals surface area contributed by atoms with Gasteiger partial charge in [0.1, 0.15) is 18.4 Å². The Morgan fingerprint density at radius 3 is 2.03 bits per heavy atom. The molecule has 0 bridgehead atoms. The molecule has 0 saturated carbocycles. The number of hydrogen-bond acceptors (Lipinski definition) is 2. The molecule has 0 spiro atoms. The zero-order valence-corrected chi connectivity index (χ0v) is 22.6. The SMILES string of the molecule is CCCCCCCCCCCCCCCCOc1ccc(CNC(=O)c2ccc[n+](C)c2)c(C)c1. The number of pyridine rings is 1. The lowest BCUT2D eigenvalue weighted by Gasteiger charge is -2.11.